The minimum absolute atomic E-state index is 0.000840. The van der Waals surface area contributed by atoms with Crippen LogP contribution in [0.2, 0.25) is 5.02 Å². The molecule has 0 aliphatic carbocycles. The van der Waals surface area contributed by atoms with Gasteiger partial charge in [0.25, 0.3) is 5.69 Å². The van der Waals surface area contributed by atoms with Crippen LogP contribution in [0.1, 0.15) is 11.1 Å². The number of hydrogen-bond donors (Lipinski definition) is 2. The van der Waals surface area contributed by atoms with E-state index in [0.29, 0.717) is 22.9 Å². The fourth-order valence-electron chi connectivity index (χ4n) is 1.81. The maximum absolute atomic E-state index is 10.8. The highest BCUT2D eigenvalue weighted by atomic mass is 35.5. The average Bonchev–Trinajstić information content (AvgIpc) is 2.49. The summed E-state index contributed by atoms with van der Waals surface area (Å²) in [6.45, 7) is 0.591. The fraction of sp³-hybridized carbons (Fsp3) is 0.143. The molecule has 2 aromatic carbocycles. The smallest absolute Gasteiger partial charge is 0.269 e. The van der Waals surface area contributed by atoms with Crippen LogP contribution >= 0.6 is 11.6 Å². The number of ether oxygens (including phenoxy) is 1. The van der Waals surface area contributed by atoms with Gasteiger partial charge in [0.1, 0.15) is 0 Å². The zero-order chi connectivity index (χ0) is 15.2. The quantitative estimate of drug-likeness (QED) is 0.485. The van der Waals surface area contributed by atoms with Crippen LogP contribution in [0, 0.1) is 10.1 Å². The van der Waals surface area contributed by atoms with Crippen molar-refractivity contribution in [2.24, 2.45) is 5.84 Å². The number of rotatable bonds is 6. The molecule has 0 radical (unpaired) electrons. The first-order chi connectivity index (χ1) is 10.1. The lowest BCUT2D eigenvalue weighted by Crippen LogP contribution is -2.10. The largest absolute Gasteiger partial charge is 0.372 e. The molecule has 2 aromatic rings. The molecule has 0 heterocycles. The Morgan fingerprint density at radius 2 is 1.90 bits per heavy atom. The number of nitro groups is 1. The molecule has 0 amide bonds. The van der Waals surface area contributed by atoms with E-state index in [4.69, 9.17) is 22.2 Å². The van der Waals surface area contributed by atoms with Crippen molar-refractivity contribution >= 4 is 23.0 Å². The Hall–Kier alpha value is -2.15. The number of nitrogen functional groups attached to an aromatic ring is 1. The predicted octanol–water partition coefficient (Wildman–Crippen LogP) is 3.25. The maximum Gasteiger partial charge on any atom is 0.269 e. The number of nitrogens with two attached hydrogens (primary N) is 1. The van der Waals surface area contributed by atoms with Crippen LogP contribution in [-0.2, 0) is 18.0 Å². The second-order valence-corrected chi connectivity index (χ2v) is 4.80. The molecule has 0 spiro atoms. The van der Waals surface area contributed by atoms with Crippen LogP contribution in [0.15, 0.2) is 42.5 Å². The number of halogens is 1. The third kappa shape index (κ3) is 4.16. The molecule has 21 heavy (non-hydrogen) atoms. The molecule has 110 valence electrons. The third-order valence-electron chi connectivity index (χ3n) is 2.89. The summed E-state index contributed by atoms with van der Waals surface area (Å²) >= 11 is 5.80. The Balaban J connectivity index is 2.03. The van der Waals surface area contributed by atoms with Crippen molar-refractivity contribution in [3.63, 3.8) is 0 Å². The summed E-state index contributed by atoms with van der Waals surface area (Å²) in [5.74, 6) is 5.39. The second-order valence-electron chi connectivity index (χ2n) is 4.36. The van der Waals surface area contributed by atoms with E-state index < -0.39 is 4.92 Å². The molecule has 2 rings (SSSR count). The lowest BCUT2D eigenvalue weighted by molar-refractivity contribution is -0.384. The number of non-ortho nitro benzene ring substituents is 1. The minimum Gasteiger partial charge on any atom is -0.372 e. The van der Waals surface area contributed by atoms with E-state index >= 15 is 0 Å². The molecular weight excluding hydrogens is 294 g/mol. The van der Waals surface area contributed by atoms with Gasteiger partial charge in [0, 0.05) is 22.7 Å². The standard InChI is InChI=1S/C14H14ClN3O3/c15-12-3-1-10(2-4-12)8-21-9-11-7-13(18(19)20)5-6-14(11)17-16/h1-7,17H,8-9,16H2. The van der Waals surface area contributed by atoms with Gasteiger partial charge >= 0.3 is 0 Å². The predicted molar refractivity (Wildman–Crippen MR) is 80.9 cm³/mol. The molecule has 7 heteroatoms. The van der Waals surface area contributed by atoms with Gasteiger partial charge < -0.3 is 10.2 Å². The number of hydrogen-bond acceptors (Lipinski definition) is 5. The van der Waals surface area contributed by atoms with Gasteiger partial charge in [-0.2, -0.15) is 0 Å². The Bertz CT molecular complexity index is 632. The van der Waals surface area contributed by atoms with E-state index in [1.54, 1.807) is 18.2 Å². The van der Waals surface area contributed by atoms with Gasteiger partial charge in [0.15, 0.2) is 0 Å². The van der Waals surface area contributed by atoms with Gasteiger partial charge in [-0.25, -0.2) is 0 Å². The molecular formula is C14H14ClN3O3. The van der Waals surface area contributed by atoms with Gasteiger partial charge in [-0.1, -0.05) is 23.7 Å². The summed E-state index contributed by atoms with van der Waals surface area (Å²) in [5.41, 5.74) is 4.68. The van der Waals surface area contributed by atoms with Crippen LogP contribution in [0.3, 0.4) is 0 Å². The summed E-state index contributed by atoms with van der Waals surface area (Å²) in [5, 5.41) is 11.4. The van der Waals surface area contributed by atoms with Crippen LogP contribution < -0.4 is 11.3 Å². The summed E-state index contributed by atoms with van der Waals surface area (Å²) in [4.78, 5) is 10.3. The molecule has 0 unspecified atom stereocenters. The highest BCUT2D eigenvalue weighted by Gasteiger charge is 2.10. The Morgan fingerprint density at radius 1 is 1.19 bits per heavy atom. The average molecular weight is 308 g/mol. The number of nitro benzene ring substituents is 1. The molecule has 6 nitrogen and oxygen atoms in total. The van der Waals surface area contributed by atoms with Gasteiger partial charge in [0.05, 0.1) is 23.8 Å². The summed E-state index contributed by atoms with van der Waals surface area (Å²) < 4.78 is 5.56. The monoisotopic (exact) mass is 307 g/mol. The van der Waals surface area contributed by atoms with E-state index in [-0.39, 0.29) is 12.3 Å². The van der Waals surface area contributed by atoms with Crippen molar-refractivity contribution < 1.29 is 9.66 Å². The van der Waals surface area contributed by atoms with E-state index in [1.165, 1.54) is 12.1 Å². The van der Waals surface area contributed by atoms with Crippen LogP contribution in [0.25, 0.3) is 0 Å². The first-order valence-electron chi connectivity index (χ1n) is 6.16. The minimum atomic E-state index is -0.455. The van der Waals surface area contributed by atoms with E-state index in [9.17, 15) is 10.1 Å². The van der Waals surface area contributed by atoms with Crippen molar-refractivity contribution in [2.45, 2.75) is 13.2 Å². The number of hydrazine groups is 1. The molecule has 0 saturated carbocycles. The first-order valence-corrected chi connectivity index (χ1v) is 6.54. The molecule has 0 saturated heterocycles. The molecule has 3 N–H and O–H groups in total. The molecule has 0 fully saturated rings. The Kier molecular flexibility index (Phi) is 5.10. The Labute approximate surface area is 126 Å². The number of nitrogens with zero attached hydrogens (tertiary/aromatic N) is 1. The third-order valence-corrected chi connectivity index (χ3v) is 3.15. The van der Waals surface area contributed by atoms with Crippen LogP contribution in [-0.4, -0.2) is 4.92 Å². The van der Waals surface area contributed by atoms with Crippen molar-refractivity contribution in [2.75, 3.05) is 5.43 Å². The lowest BCUT2D eigenvalue weighted by atomic mass is 10.1. The van der Waals surface area contributed by atoms with E-state index in [1.807, 2.05) is 12.1 Å². The van der Waals surface area contributed by atoms with E-state index in [0.717, 1.165) is 5.56 Å². The topological polar surface area (TPSA) is 90.4 Å². The molecule has 0 aromatic heterocycles. The molecule has 0 atom stereocenters. The SMILES string of the molecule is NNc1ccc([N+](=O)[O-])cc1COCc1ccc(Cl)cc1. The highest BCUT2D eigenvalue weighted by molar-refractivity contribution is 6.30. The summed E-state index contributed by atoms with van der Waals surface area (Å²) in [6, 6.07) is 11.7. The van der Waals surface area contributed by atoms with Crippen LogP contribution in [0.4, 0.5) is 11.4 Å². The Morgan fingerprint density at radius 3 is 2.52 bits per heavy atom. The van der Waals surface area contributed by atoms with Crippen molar-refractivity contribution in [1.29, 1.82) is 0 Å². The van der Waals surface area contributed by atoms with Crippen LogP contribution in [0.5, 0.6) is 0 Å². The number of anilines is 1. The lowest BCUT2D eigenvalue weighted by Gasteiger charge is -2.09. The van der Waals surface area contributed by atoms with Gasteiger partial charge in [-0.3, -0.25) is 16.0 Å². The van der Waals surface area contributed by atoms with Crippen molar-refractivity contribution in [1.82, 2.24) is 0 Å². The van der Waals surface area contributed by atoms with Crippen molar-refractivity contribution in [3.8, 4) is 0 Å². The molecule has 0 aliphatic rings. The highest BCUT2D eigenvalue weighted by Crippen LogP contribution is 2.22. The second kappa shape index (κ2) is 7.03. The maximum atomic E-state index is 10.8. The van der Waals surface area contributed by atoms with Gasteiger partial charge in [-0.15, -0.1) is 0 Å². The number of benzene rings is 2. The zero-order valence-electron chi connectivity index (χ0n) is 11.1. The fourth-order valence-corrected chi connectivity index (χ4v) is 1.94. The van der Waals surface area contributed by atoms with Gasteiger partial charge in [0.2, 0.25) is 0 Å². The normalized spacial score (nSPS) is 10.4. The summed E-state index contributed by atoms with van der Waals surface area (Å²) in [6.07, 6.45) is 0. The number of nitrogens with one attached hydrogen (secondary N) is 1. The van der Waals surface area contributed by atoms with Crippen molar-refractivity contribution in [3.05, 3.63) is 68.7 Å². The first kappa shape index (κ1) is 15.2. The molecule has 0 bridgehead atoms. The molecule has 0 aliphatic heterocycles. The summed E-state index contributed by atoms with van der Waals surface area (Å²) in [7, 11) is 0. The zero-order valence-corrected chi connectivity index (χ0v) is 11.8. The van der Waals surface area contributed by atoms with E-state index in [2.05, 4.69) is 5.43 Å². The van der Waals surface area contributed by atoms with Gasteiger partial charge in [-0.05, 0) is 23.8 Å².